The smallest absolute Gasteiger partial charge is 0.255 e. The Kier molecular flexibility index (Phi) is 4.60. The molecule has 7 heteroatoms. The first-order chi connectivity index (χ1) is 14.5. The first-order valence-corrected chi connectivity index (χ1v) is 10.6. The van der Waals surface area contributed by atoms with Gasteiger partial charge in [-0.05, 0) is 48.6 Å². The Morgan fingerprint density at radius 1 is 1.23 bits per heavy atom. The summed E-state index contributed by atoms with van der Waals surface area (Å²) in [4.78, 5) is 35.5. The van der Waals surface area contributed by atoms with Crippen molar-refractivity contribution >= 4 is 23.3 Å². The van der Waals surface area contributed by atoms with Gasteiger partial charge in [-0.25, -0.2) is 4.98 Å². The van der Waals surface area contributed by atoms with Crippen molar-refractivity contribution in [3.8, 4) is 5.75 Å². The Morgan fingerprint density at radius 2 is 2.10 bits per heavy atom. The van der Waals surface area contributed by atoms with Gasteiger partial charge in [0.1, 0.15) is 6.61 Å². The molecule has 1 unspecified atom stereocenters. The second-order valence-electron chi connectivity index (χ2n) is 8.55. The highest BCUT2D eigenvalue weighted by Crippen LogP contribution is 2.37. The van der Waals surface area contributed by atoms with Crippen LogP contribution in [0.5, 0.6) is 5.75 Å². The van der Waals surface area contributed by atoms with Crippen LogP contribution in [-0.4, -0.2) is 59.9 Å². The third kappa shape index (κ3) is 3.18. The molecule has 3 aliphatic rings. The van der Waals surface area contributed by atoms with Gasteiger partial charge in [0.2, 0.25) is 0 Å². The standard InChI is InChI=1S/C23H26N4O3/c1-15-4-3-7-26(13-15)22(28)16-11-20-21(24-12-16)27(8-9-30-20)18-5-6-19-17(10-18)14-25(2)23(19)29/h5-6,10-12,15H,3-4,7-9,13-14H2,1-2H3. The lowest BCUT2D eigenvalue weighted by Gasteiger charge is -2.32. The highest BCUT2D eigenvalue weighted by molar-refractivity contribution is 5.99. The summed E-state index contributed by atoms with van der Waals surface area (Å²) < 4.78 is 5.86. The molecule has 3 aliphatic heterocycles. The molecule has 7 nitrogen and oxygen atoms in total. The molecule has 4 heterocycles. The van der Waals surface area contributed by atoms with Crippen molar-refractivity contribution in [3.63, 3.8) is 0 Å². The van der Waals surface area contributed by atoms with Crippen LogP contribution in [0.2, 0.25) is 0 Å². The summed E-state index contributed by atoms with van der Waals surface area (Å²) in [5, 5.41) is 0. The molecule has 1 fully saturated rings. The number of hydrogen-bond acceptors (Lipinski definition) is 5. The second-order valence-corrected chi connectivity index (χ2v) is 8.55. The van der Waals surface area contributed by atoms with Crippen LogP contribution in [0, 0.1) is 5.92 Å². The number of amides is 2. The number of ether oxygens (including phenoxy) is 1. The van der Waals surface area contributed by atoms with Crippen LogP contribution in [0.3, 0.4) is 0 Å². The minimum Gasteiger partial charge on any atom is -0.488 e. The van der Waals surface area contributed by atoms with Crippen molar-refractivity contribution in [1.82, 2.24) is 14.8 Å². The fourth-order valence-electron chi connectivity index (χ4n) is 4.64. The van der Waals surface area contributed by atoms with Crippen LogP contribution in [0.25, 0.3) is 0 Å². The number of likely N-dealkylation sites (tertiary alicyclic amines) is 1. The van der Waals surface area contributed by atoms with E-state index >= 15 is 0 Å². The number of nitrogens with zero attached hydrogens (tertiary/aromatic N) is 4. The van der Waals surface area contributed by atoms with E-state index in [0.717, 1.165) is 36.3 Å². The van der Waals surface area contributed by atoms with Gasteiger partial charge < -0.3 is 19.4 Å². The van der Waals surface area contributed by atoms with Crippen molar-refractivity contribution in [1.29, 1.82) is 0 Å². The van der Waals surface area contributed by atoms with Gasteiger partial charge >= 0.3 is 0 Å². The minimum absolute atomic E-state index is 0.0247. The van der Waals surface area contributed by atoms with Gasteiger partial charge in [-0.3, -0.25) is 9.59 Å². The molecule has 0 spiro atoms. The molecule has 0 saturated carbocycles. The molecule has 0 bridgehead atoms. The second kappa shape index (κ2) is 7.31. The van der Waals surface area contributed by atoms with Crippen LogP contribution >= 0.6 is 0 Å². The Morgan fingerprint density at radius 3 is 2.93 bits per heavy atom. The number of fused-ring (bicyclic) bond motifs is 2. The van der Waals surface area contributed by atoms with Gasteiger partial charge in [0.25, 0.3) is 11.8 Å². The van der Waals surface area contributed by atoms with Crippen molar-refractivity contribution < 1.29 is 14.3 Å². The topological polar surface area (TPSA) is 66.0 Å². The molecule has 1 aromatic carbocycles. The number of anilines is 2. The average molecular weight is 406 g/mol. The van der Waals surface area contributed by atoms with Gasteiger partial charge in [-0.1, -0.05) is 6.92 Å². The molecule has 2 amide bonds. The summed E-state index contributed by atoms with van der Waals surface area (Å²) in [6.07, 6.45) is 3.88. The van der Waals surface area contributed by atoms with Crippen molar-refractivity contribution in [2.75, 3.05) is 38.2 Å². The van der Waals surface area contributed by atoms with Crippen LogP contribution < -0.4 is 9.64 Å². The molecule has 5 rings (SSSR count). The van der Waals surface area contributed by atoms with E-state index in [-0.39, 0.29) is 11.8 Å². The summed E-state index contributed by atoms with van der Waals surface area (Å²) in [5.74, 6) is 1.96. The van der Waals surface area contributed by atoms with Crippen molar-refractivity contribution in [2.45, 2.75) is 26.3 Å². The number of aromatic nitrogens is 1. The highest BCUT2D eigenvalue weighted by atomic mass is 16.5. The molecule has 1 saturated heterocycles. The largest absolute Gasteiger partial charge is 0.488 e. The Labute approximate surface area is 176 Å². The lowest BCUT2D eigenvalue weighted by atomic mass is 10.00. The molecule has 2 aromatic rings. The van der Waals surface area contributed by atoms with Gasteiger partial charge in [-0.15, -0.1) is 0 Å². The van der Waals surface area contributed by atoms with Gasteiger partial charge in [0.15, 0.2) is 11.6 Å². The monoisotopic (exact) mass is 406 g/mol. The predicted molar refractivity (Wildman–Crippen MR) is 113 cm³/mol. The molecule has 0 N–H and O–H groups in total. The van der Waals surface area contributed by atoms with Crippen LogP contribution in [0.15, 0.2) is 30.5 Å². The molecule has 0 radical (unpaired) electrons. The zero-order valence-corrected chi connectivity index (χ0v) is 17.4. The SMILES string of the molecule is CC1CCCN(C(=O)c2cnc3c(c2)OCCN3c2ccc3c(c2)CN(C)C3=O)C1. The van der Waals surface area contributed by atoms with Gasteiger partial charge in [-0.2, -0.15) is 0 Å². The van der Waals surface area contributed by atoms with Crippen LogP contribution in [0.4, 0.5) is 11.5 Å². The lowest BCUT2D eigenvalue weighted by molar-refractivity contribution is 0.0681. The average Bonchev–Trinajstić information content (AvgIpc) is 3.05. The van der Waals surface area contributed by atoms with Crippen molar-refractivity contribution in [3.05, 3.63) is 47.2 Å². The number of carbonyl (C=O) groups is 2. The maximum absolute atomic E-state index is 13.0. The van der Waals surface area contributed by atoms with E-state index in [0.29, 0.717) is 42.7 Å². The quantitative estimate of drug-likeness (QED) is 0.767. The Balaban J connectivity index is 1.42. The fraction of sp³-hybridized carbons (Fsp3) is 0.435. The number of hydrogen-bond donors (Lipinski definition) is 0. The summed E-state index contributed by atoms with van der Waals surface area (Å²) >= 11 is 0. The third-order valence-electron chi connectivity index (χ3n) is 6.24. The predicted octanol–water partition coefficient (Wildman–Crippen LogP) is 3.07. The van der Waals surface area contributed by atoms with Gasteiger partial charge in [0.05, 0.1) is 12.1 Å². The zero-order valence-electron chi connectivity index (χ0n) is 17.4. The van der Waals surface area contributed by atoms with E-state index in [1.807, 2.05) is 30.1 Å². The number of piperidine rings is 1. The fourth-order valence-corrected chi connectivity index (χ4v) is 4.64. The van der Waals surface area contributed by atoms with E-state index in [4.69, 9.17) is 4.74 Å². The van der Waals surface area contributed by atoms with E-state index in [2.05, 4.69) is 22.9 Å². The number of rotatable bonds is 2. The number of pyridine rings is 1. The van der Waals surface area contributed by atoms with Crippen LogP contribution in [-0.2, 0) is 6.54 Å². The summed E-state index contributed by atoms with van der Waals surface area (Å²) in [6, 6.07) is 7.73. The lowest BCUT2D eigenvalue weighted by Crippen LogP contribution is -2.39. The van der Waals surface area contributed by atoms with E-state index in [9.17, 15) is 9.59 Å². The molecule has 1 atom stereocenters. The molecular weight excluding hydrogens is 380 g/mol. The van der Waals surface area contributed by atoms with E-state index in [1.165, 1.54) is 6.42 Å². The van der Waals surface area contributed by atoms with E-state index < -0.39 is 0 Å². The molecule has 156 valence electrons. The summed E-state index contributed by atoms with van der Waals surface area (Å²) in [7, 11) is 1.81. The molecule has 0 aliphatic carbocycles. The third-order valence-corrected chi connectivity index (χ3v) is 6.24. The zero-order chi connectivity index (χ0) is 20.8. The van der Waals surface area contributed by atoms with Gasteiger partial charge in [0, 0.05) is 44.1 Å². The van der Waals surface area contributed by atoms with E-state index in [1.54, 1.807) is 11.1 Å². The first-order valence-electron chi connectivity index (χ1n) is 10.6. The Hall–Kier alpha value is -3.09. The first kappa shape index (κ1) is 18.9. The summed E-state index contributed by atoms with van der Waals surface area (Å²) in [5.41, 5.74) is 3.35. The molecular formula is C23H26N4O3. The maximum atomic E-state index is 13.0. The Bertz CT molecular complexity index is 1020. The van der Waals surface area contributed by atoms with Crippen LogP contribution in [0.1, 0.15) is 46.0 Å². The molecule has 30 heavy (non-hydrogen) atoms. The minimum atomic E-state index is 0.0247. The normalized spacial score (nSPS) is 20.7. The summed E-state index contributed by atoms with van der Waals surface area (Å²) in [6.45, 7) is 5.59. The number of benzene rings is 1. The molecule has 1 aromatic heterocycles. The van der Waals surface area contributed by atoms with Crippen molar-refractivity contribution in [2.24, 2.45) is 5.92 Å². The maximum Gasteiger partial charge on any atom is 0.255 e. The number of carbonyl (C=O) groups excluding carboxylic acids is 2. The highest BCUT2D eigenvalue weighted by Gasteiger charge is 2.29.